The standard InChI is InChI=1S/C20H30N6O2/c1-4-24-7-9-25(10-8-24)17(11-15(2)3)20-21-22-23-26(20)13-16-5-6-18-19(12-16)28-14-27-18/h5-6,12,15,17H,4,7-11,13-14H2,1-3H3. The molecular weight excluding hydrogens is 356 g/mol. The molecule has 0 saturated carbocycles. The fourth-order valence-corrected chi connectivity index (χ4v) is 4.03. The number of rotatable bonds is 7. The maximum atomic E-state index is 5.51. The SMILES string of the molecule is CCN1CCN(C(CC(C)C)c2nnnn2Cc2ccc3c(c2)OCO3)CC1. The van der Waals surface area contributed by atoms with Gasteiger partial charge in [0.05, 0.1) is 12.6 Å². The summed E-state index contributed by atoms with van der Waals surface area (Å²) < 4.78 is 12.9. The lowest BCUT2D eigenvalue weighted by atomic mass is 10.0. The van der Waals surface area contributed by atoms with E-state index in [4.69, 9.17) is 9.47 Å². The number of likely N-dealkylation sites (N-methyl/N-ethyl adjacent to an activating group) is 1. The minimum Gasteiger partial charge on any atom is -0.454 e. The number of tetrazole rings is 1. The number of aromatic nitrogens is 4. The minimum absolute atomic E-state index is 0.239. The molecule has 0 radical (unpaired) electrons. The monoisotopic (exact) mass is 386 g/mol. The van der Waals surface area contributed by atoms with E-state index < -0.39 is 0 Å². The summed E-state index contributed by atoms with van der Waals surface area (Å²) in [5.41, 5.74) is 1.11. The highest BCUT2D eigenvalue weighted by molar-refractivity contribution is 5.44. The molecule has 2 aliphatic rings. The zero-order valence-corrected chi connectivity index (χ0v) is 17.0. The van der Waals surface area contributed by atoms with Gasteiger partial charge in [0.25, 0.3) is 0 Å². The van der Waals surface area contributed by atoms with E-state index in [1.165, 1.54) is 0 Å². The first-order valence-electron chi connectivity index (χ1n) is 10.2. The Labute approximate surface area is 166 Å². The molecule has 0 amide bonds. The Hall–Kier alpha value is -2.19. The van der Waals surface area contributed by atoms with E-state index in [-0.39, 0.29) is 12.8 Å². The molecule has 1 saturated heterocycles. The van der Waals surface area contributed by atoms with Crippen molar-refractivity contribution in [1.82, 2.24) is 30.0 Å². The van der Waals surface area contributed by atoms with Gasteiger partial charge in [0.2, 0.25) is 6.79 Å². The van der Waals surface area contributed by atoms with Crippen LogP contribution in [0, 0.1) is 5.92 Å². The van der Waals surface area contributed by atoms with Crippen LogP contribution in [0.1, 0.15) is 44.6 Å². The van der Waals surface area contributed by atoms with E-state index in [9.17, 15) is 0 Å². The Kier molecular flexibility index (Phi) is 5.77. The summed E-state index contributed by atoms with van der Waals surface area (Å²) in [6.07, 6.45) is 1.05. The predicted octanol–water partition coefficient (Wildman–Crippen LogP) is 2.17. The fourth-order valence-electron chi connectivity index (χ4n) is 4.03. The third kappa shape index (κ3) is 4.12. The molecule has 4 rings (SSSR count). The molecule has 2 aromatic rings. The van der Waals surface area contributed by atoms with E-state index in [1.54, 1.807) is 0 Å². The summed E-state index contributed by atoms with van der Waals surface area (Å²) in [4.78, 5) is 5.05. The summed E-state index contributed by atoms with van der Waals surface area (Å²) in [5, 5.41) is 12.8. The number of benzene rings is 1. The van der Waals surface area contributed by atoms with Crippen LogP contribution in [0.15, 0.2) is 18.2 Å². The van der Waals surface area contributed by atoms with Crippen molar-refractivity contribution in [3.05, 3.63) is 29.6 Å². The van der Waals surface area contributed by atoms with Crippen LogP contribution in [0.4, 0.5) is 0 Å². The lowest BCUT2D eigenvalue weighted by molar-refractivity contribution is 0.0834. The van der Waals surface area contributed by atoms with Gasteiger partial charge in [-0.1, -0.05) is 26.8 Å². The Morgan fingerprint density at radius 2 is 1.86 bits per heavy atom. The number of ether oxygens (including phenoxy) is 2. The van der Waals surface area contributed by atoms with Crippen molar-refractivity contribution in [3.8, 4) is 11.5 Å². The quantitative estimate of drug-likeness (QED) is 0.722. The number of nitrogens with zero attached hydrogens (tertiary/aromatic N) is 6. The lowest BCUT2D eigenvalue weighted by Gasteiger charge is -2.39. The van der Waals surface area contributed by atoms with E-state index >= 15 is 0 Å². The second-order valence-electron chi connectivity index (χ2n) is 8.00. The van der Waals surface area contributed by atoms with Gasteiger partial charge in [-0.15, -0.1) is 5.10 Å². The van der Waals surface area contributed by atoms with Gasteiger partial charge in [-0.05, 0) is 47.0 Å². The second-order valence-corrected chi connectivity index (χ2v) is 8.00. The van der Waals surface area contributed by atoms with Gasteiger partial charge in [0, 0.05) is 26.2 Å². The predicted molar refractivity (Wildman–Crippen MR) is 105 cm³/mol. The van der Waals surface area contributed by atoms with E-state index in [2.05, 4.69) is 52.2 Å². The summed E-state index contributed by atoms with van der Waals surface area (Å²) in [7, 11) is 0. The van der Waals surface area contributed by atoms with Gasteiger partial charge >= 0.3 is 0 Å². The average molecular weight is 387 g/mol. The summed E-state index contributed by atoms with van der Waals surface area (Å²) in [5.74, 6) is 3.12. The molecule has 0 N–H and O–H groups in total. The van der Waals surface area contributed by atoms with Crippen LogP contribution in [0.25, 0.3) is 0 Å². The second kappa shape index (κ2) is 8.45. The van der Waals surface area contributed by atoms with Gasteiger partial charge in [0.15, 0.2) is 17.3 Å². The van der Waals surface area contributed by atoms with E-state index in [0.717, 1.165) is 62.0 Å². The normalized spacial score (nSPS) is 18.7. The van der Waals surface area contributed by atoms with Crippen LogP contribution in [0.5, 0.6) is 11.5 Å². The highest BCUT2D eigenvalue weighted by atomic mass is 16.7. The highest BCUT2D eigenvalue weighted by Gasteiger charge is 2.29. The third-order valence-electron chi connectivity index (χ3n) is 5.62. The van der Waals surface area contributed by atoms with Gasteiger partial charge in [0.1, 0.15) is 0 Å². The molecule has 1 fully saturated rings. The molecule has 152 valence electrons. The largest absolute Gasteiger partial charge is 0.454 e. The maximum absolute atomic E-state index is 5.51. The molecule has 0 bridgehead atoms. The molecule has 8 heteroatoms. The number of piperazine rings is 1. The van der Waals surface area contributed by atoms with Crippen LogP contribution in [0.2, 0.25) is 0 Å². The van der Waals surface area contributed by atoms with Crippen molar-refractivity contribution >= 4 is 0 Å². The Morgan fingerprint density at radius 3 is 2.61 bits per heavy atom. The van der Waals surface area contributed by atoms with Crippen molar-refractivity contribution in [1.29, 1.82) is 0 Å². The maximum Gasteiger partial charge on any atom is 0.231 e. The van der Waals surface area contributed by atoms with Crippen LogP contribution in [-0.4, -0.2) is 69.5 Å². The first kappa shape index (κ1) is 19.1. The molecule has 28 heavy (non-hydrogen) atoms. The van der Waals surface area contributed by atoms with E-state index in [0.29, 0.717) is 12.5 Å². The van der Waals surface area contributed by atoms with Crippen molar-refractivity contribution in [2.45, 2.75) is 39.8 Å². The highest BCUT2D eigenvalue weighted by Crippen LogP contribution is 2.33. The molecule has 3 heterocycles. The summed E-state index contributed by atoms with van der Waals surface area (Å²) in [6.45, 7) is 13.1. The lowest BCUT2D eigenvalue weighted by Crippen LogP contribution is -2.48. The zero-order valence-electron chi connectivity index (χ0n) is 17.0. The smallest absolute Gasteiger partial charge is 0.231 e. The molecule has 8 nitrogen and oxygen atoms in total. The molecule has 0 aliphatic carbocycles. The molecule has 2 aliphatic heterocycles. The molecule has 1 unspecified atom stereocenters. The average Bonchev–Trinajstić information content (AvgIpc) is 3.35. The summed E-state index contributed by atoms with van der Waals surface area (Å²) >= 11 is 0. The van der Waals surface area contributed by atoms with Crippen molar-refractivity contribution in [3.63, 3.8) is 0 Å². The van der Waals surface area contributed by atoms with Crippen LogP contribution < -0.4 is 9.47 Å². The minimum atomic E-state index is 0.239. The number of hydrogen-bond acceptors (Lipinski definition) is 7. The Morgan fingerprint density at radius 1 is 1.07 bits per heavy atom. The first-order valence-corrected chi connectivity index (χ1v) is 10.2. The number of fused-ring (bicyclic) bond motifs is 1. The molecule has 1 atom stereocenters. The van der Waals surface area contributed by atoms with Crippen LogP contribution >= 0.6 is 0 Å². The molecule has 0 spiro atoms. The summed E-state index contributed by atoms with van der Waals surface area (Å²) in [6, 6.07) is 6.27. The van der Waals surface area contributed by atoms with Crippen LogP contribution in [0.3, 0.4) is 0 Å². The first-order chi connectivity index (χ1) is 13.6. The molecule has 1 aromatic heterocycles. The van der Waals surface area contributed by atoms with Crippen molar-refractivity contribution in [2.75, 3.05) is 39.5 Å². The Balaban J connectivity index is 1.54. The van der Waals surface area contributed by atoms with Crippen molar-refractivity contribution < 1.29 is 9.47 Å². The molecule has 1 aromatic carbocycles. The topological polar surface area (TPSA) is 68.5 Å². The number of hydrogen-bond donors (Lipinski definition) is 0. The zero-order chi connectivity index (χ0) is 19.5. The molecular formula is C20H30N6O2. The van der Waals surface area contributed by atoms with Gasteiger partial charge in [-0.2, -0.15) is 0 Å². The fraction of sp³-hybridized carbons (Fsp3) is 0.650. The van der Waals surface area contributed by atoms with E-state index in [1.807, 2.05) is 16.8 Å². The van der Waals surface area contributed by atoms with Gasteiger partial charge in [-0.25, -0.2) is 4.68 Å². The third-order valence-corrected chi connectivity index (χ3v) is 5.62. The Bertz CT molecular complexity index is 785. The van der Waals surface area contributed by atoms with Gasteiger partial charge < -0.3 is 14.4 Å². The van der Waals surface area contributed by atoms with Crippen molar-refractivity contribution in [2.24, 2.45) is 5.92 Å². The van der Waals surface area contributed by atoms with Gasteiger partial charge in [-0.3, -0.25) is 4.90 Å². The van der Waals surface area contributed by atoms with Crippen LogP contribution in [-0.2, 0) is 6.54 Å².